The van der Waals surface area contributed by atoms with Crippen molar-refractivity contribution < 1.29 is 0 Å². The molecule has 4 heteroatoms. The van der Waals surface area contributed by atoms with Crippen molar-refractivity contribution in [2.24, 2.45) is 5.84 Å². The van der Waals surface area contributed by atoms with Crippen LogP contribution in [0.2, 0.25) is 0 Å². The van der Waals surface area contributed by atoms with Crippen molar-refractivity contribution in [3.8, 4) is 0 Å². The summed E-state index contributed by atoms with van der Waals surface area (Å²) in [6.07, 6.45) is 0.946. The van der Waals surface area contributed by atoms with Crippen molar-refractivity contribution in [2.45, 2.75) is 39.5 Å². The van der Waals surface area contributed by atoms with Crippen molar-refractivity contribution in [2.75, 3.05) is 5.43 Å². The number of nitrogens with zero attached hydrogens (tertiary/aromatic N) is 1. The van der Waals surface area contributed by atoms with Gasteiger partial charge in [-0.25, -0.2) is 10.8 Å². The van der Waals surface area contributed by atoms with E-state index in [-0.39, 0.29) is 5.41 Å². The molecule has 0 aliphatic carbocycles. The molecule has 0 bridgehead atoms. The molecule has 0 unspecified atom stereocenters. The Kier molecular flexibility index (Phi) is 3.83. The van der Waals surface area contributed by atoms with Gasteiger partial charge in [0.05, 0.1) is 5.52 Å². The Hall–Kier alpha value is -1.13. The molecule has 0 spiro atoms. The van der Waals surface area contributed by atoms with E-state index in [9.17, 15) is 0 Å². The molecule has 3 nitrogen and oxygen atoms in total. The van der Waals surface area contributed by atoms with Crippen LogP contribution >= 0.6 is 15.9 Å². The molecule has 0 fully saturated rings. The Morgan fingerprint density at radius 3 is 2.47 bits per heavy atom. The van der Waals surface area contributed by atoms with Gasteiger partial charge in [-0.1, -0.05) is 43.6 Å². The zero-order valence-electron chi connectivity index (χ0n) is 11.8. The normalized spacial score (nSPS) is 11.9. The molecule has 0 saturated carbocycles. The summed E-state index contributed by atoms with van der Waals surface area (Å²) in [5.41, 5.74) is 6.11. The maximum absolute atomic E-state index is 5.64. The number of nitrogens with one attached hydrogen (secondary N) is 1. The Morgan fingerprint density at radius 1 is 1.26 bits per heavy atom. The first-order valence-corrected chi connectivity index (χ1v) is 7.26. The van der Waals surface area contributed by atoms with Crippen LogP contribution in [0.4, 0.5) is 5.82 Å². The van der Waals surface area contributed by atoms with Crippen LogP contribution < -0.4 is 11.3 Å². The summed E-state index contributed by atoms with van der Waals surface area (Å²) in [6, 6.07) is 6.41. The number of benzene rings is 1. The number of fused-ring (bicyclic) bond motifs is 1. The molecule has 0 radical (unpaired) electrons. The predicted molar refractivity (Wildman–Crippen MR) is 85.3 cm³/mol. The second-order valence-corrected chi connectivity index (χ2v) is 6.68. The number of rotatable bonds is 2. The second kappa shape index (κ2) is 5.10. The van der Waals surface area contributed by atoms with Gasteiger partial charge in [0, 0.05) is 15.4 Å². The van der Waals surface area contributed by atoms with Crippen LogP contribution in [0.15, 0.2) is 22.7 Å². The van der Waals surface area contributed by atoms with E-state index in [4.69, 9.17) is 10.8 Å². The molecule has 2 rings (SSSR count). The highest BCUT2D eigenvalue weighted by atomic mass is 79.9. The monoisotopic (exact) mass is 321 g/mol. The lowest BCUT2D eigenvalue weighted by atomic mass is 9.86. The SMILES string of the molecule is CCc1cc(Br)cc2cc(C(C)(C)C)c(NN)nc12. The first-order chi connectivity index (χ1) is 8.86. The lowest BCUT2D eigenvalue weighted by molar-refractivity contribution is 0.590. The molecule has 1 heterocycles. The maximum atomic E-state index is 5.64. The standard InChI is InChI=1S/C15H20BrN3/c1-5-9-6-11(16)7-10-8-12(15(2,3)4)14(19-17)18-13(9)10/h6-8H,5,17H2,1-4H3,(H,18,19). The Bertz CT molecular complexity index is 615. The first kappa shape index (κ1) is 14.3. The molecule has 2 aromatic rings. The van der Waals surface area contributed by atoms with E-state index < -0.39 is 0 Å². The summed E-state index contributed by atoms with van der Waals surface area (Å²) >= 11 is 3.57. The minimum atomic E-state index is -0.00239. The van der Waals surface area contributed by atoms with Crippen LogP contribution in [0.1, 0.15) is 38.8 Å². The van der Waals surface area contributed by atoms with E-state index >= 15 is 0 Å². The van der Waals surface area contributed by atoms with Gasteiger partial charge in [0.25, 0.3) is 0 Å². The number of hydrogen-bond acceptors (Lipinski definition) is 3. The zero-order valence-corrected chi connectivity index (χ0v) is 13.4. The van der Waals surface area contributed by atoms with Crippen LogP contribution in [-0.4, -0.2) is 4.98 Å². The van der Waals surface area contributed by atoms with Gasteiger partial charge in [0.15, 0.2) is 0 Å². The average Bonchev–Trinajstić information content (AvgIpc) is 2.35. The summed E-state index contributed by atoms with van der Waals surface area (Å²) in [5.74, 6) is 6.40. The smallest absolute Gasteiger partial charge is 0.144 e. The van der Waals surface area contributed by atoms with Crippen molar-refractivity contribution >= 4 is 32.7 Å². The fourth-order valence-electron chi connectivity index (χ4n) is 2.27. The molecular formula is C15H20BrN3. The molecular weight excluding hydrogens is 302 g/mol. The molecule has 0 atom stereocenters. The third-order valence-electron chi connectivity index (χ3n) is 3.29. The summed E-state index contributed by atoms with van der Waals surface area (Å²) in [5, 5.41) is 1.15. The number of hydrogen-bond donors (Lipinski definition) is 2. The quantitative estimate of drug-likeness (QED) is 0.645. The Morgan fingerprint density at radius 2 is 1.95 bits per heavy atom. The summed E-state index contributed by atoms with van der Waals surface area (Å²) in [7, 11) is 0. The van der Waals surface area contributed by atoms with Gasteiger partial charge in [-0.2, -0.15) is 0 Å². The van der Waals surface area contributed by atoms with Gasteiger partial charge < -0.3 is 5.43 Å². The molecule has 1 aromatic heterocycles. The minimum absolute atomic E-state index is 0.00239. The van der Waals surface area contributed by atoms with E-state index in [1.807, 2.05) is 0 Å². The largest absolute Gasteiger partial charge is 0.308 e. The predicted octanol–water partition coefficient (Wildman–Crippen LogP) is 4.14. The van der Waals surface area contributed by atoms with E-state index in [1.165, 1.54) is 5.56 Å². The van der Waals surface area contributed by atoms with Crippen molar-refractivity contribution in [3.63, 3.8) is 0 Å². The third-order valence-corrected chi connectivity index (χ3v) is 3.75. The topological polar surface area (TPSA) is 50.9 Å². The van der Waals surface area contributed by atoms with E-state index in [0.717, 1.165) is 33.2 Å². The fraction of sp³-hybridized carbons (Fsp3) is 0.400. The van der Waals surface area contributed by atoms with Gasteiger partial charge in [-0.3, -0.25) is 0 Å². The molecule has 0 amide bonds. The van der Waals surface area contributed by atoms with Gasteiger partial charge in [0.2, 0.25) is 0 Å². The highest BCUT2D eigenvalue weighted by Crippen LogP contribution is 2.33. The van der Waals surface area contributed by atoms with E-state index in [1.54, 1.807) is 0 Å². The third kappa shape index (κ3) is 2.74. The molecule has 19 heavy (non-hydrogen) atoms. The summed E-state index contributed by atoms with van der Waals surface area (Å²) in [4.78, 5) is 4.72. The molecule has 0 aliphatic rings. The lowest BCUT2D eigenvalue weighted by Gasteiger charge is -2.23. The number of pyridine rings is 1. The van der Waals surface area contributed by atoms with Crippen LogP contribution in [0.5, 0.6) is 0 Å². The zero-order chi connectivity index (χ0) is 14.2. The number of halogens is 1. The number of anilines is 1. The van der Waals surface area contributed by atoms with E-state index in [2.05, 4.69) is 67.2 Å². The number of hydrazine groups is 1. The van der Waals surface area contributed by atoms with Crippen LogP contribution in [-0.2, 0) is 11.8 Å². The summed E-state index contributed by atoms with van der Waals surface area (Å²) in [6.45, 7) is 8.62. The number of nitrogen functional groups attached to an aromatic ring is 1. The van der Waals surface area contributed by atoms with Crippen LogP contribution in [0.25, 0.3) is 10.9 Å². The van der Waals surface area contributed by atoms with Gasteiger partial charge in [-0.15, -0.1) is 0 Å². The van der Waals surface area contributed by atoms with Gasteiger partial charge in [-0.05, 0) is 35.6 Å². The number of aryl methyl sites for hydroxylation is 1. The summed E-state index contributed by atoms with van der Waals surface area (Å²) < 4.78 is 1.09. The molecule has 3 N–H and O–H groups in total. The second-order valence-electron chi connectivity index (χ2n) is 5.77. The minimum Gasteiger partial charge on any atom is -0.308 e. The molecule has 0 aliphatic heterocycles. The average molecular weight is 322 g/mol. The lowest BCUT2D eigenvalue weighted by Crippen LogP contribution is -2.19. The van der Waals surface area contributed by atoms with Crippen molar-refractivity contribution in [1.29, 1.82) is 0 Å². The fourth-order valence-corrected chi connectivity index (χ4v) is 2.80. The molecule has 102 valence electrons. The van der Waals surface area contributed by atoms with Crippen LogP contribution in [0, 0.1) is 0 Å². The highest BCUT2D eigenvalue weighted by molar-refractivity contribution is 9.10. The first-order valence-electron chi connectivity index (χ1n) is 6.47. The maximum Gasteiger partial charge on any atom is 0.144 e. The Labute approximate surface area is 122 Å². The van der Waals surface area contributed by atoms with Crippen molar-refractivity contribution in [1.82, 2.24) is 4.98 Å². The number of nitrogens with two attached hydrogens (primary N) is 1. The molecule has 1 aromatic carbocycles. The van der Waals surface area contributed by atoms with Gasteiger partial charge in [0.1, 0.15) is 5.82 Å². The number of aromatic nitrogens is 1. The van der Waals surface area contributed by atoms with Gasteiger partial charge >= 0.3 is 0 Å². The van der Waals surface area contributed by atoms with Crippen LogP contribution in [0.3, 0.4) is 0 Å². The Balaban J connectivity index is 2.81. The molecule has 0 saturated heterocycles. The highest BCUT2D eigenvalue weighted by Gasteiger charge is 2.20. The van der Waals surface area contributed by atoms with Crippen molar-refractivity contribution in [3.05, 3.63) is 33.8 Å². The van der Waals surface area contributed by atoms with E-state index in [0.29, 0.717) is 0 Å².